The summed E-state index contributed by atoms with van der Waals surface area (Å²) >= 11 is 0. The Morgan fingerprint density at radius 3 is 2.76 bits per heavy atom. The first-order valence-electron chi connectivity index (χ1n) is 10.4. The fourth-order valence-corrected chi connectivity index (χ4v) is 3.60. The minimum atomic E-state index is -0.787. The molecular formula is C25H23FN4O3. The van der Waals surface area contributed by atoms with Crippen LogP contribution >= 0.6 is 0 Å². The highest BCUT2D eigenvalue weighted by Crippen LogP contribution is 2.27. The number of phenols is 1. The number of nitrogens with one attached hydrogen (secondary N) is 2. The van der Waals surface area contributed by atoms with Crippen molar-refractivity contribution in [1.82, 2.24) is 14.9 Å². The van der Waals surface area contributed by atoms with Crippen molar-refractivity contribution < 1.29 is 19.1 Å². The molecule has 3 N–H and O–H groups in total. The number of anilines is 1. The maximum absolute atomic E-state index is 13.4. The van der Waals surface area contributed by atoms with Crippen LogP contribution in [-0.4, -0.2) is 32.5 Å². The Bertz CT molecular complexity index is 1320. The summed E-state index contributed by atoms with van der Waals surface area (Å²) in [6.45, 7) is 1.98. The zero-order chi connectivity index (χ0) is 23.4. The Morgan fingerprint density at radius 1 is 1.12 bits per heavy atom. The van der Waals surface area contributed by atoms with E-state index in [0.29, 0.717) is 23.3 Å². The number of fused-ring (bicyclic) bond motifs is 1. The van der Waals surface area contributed by atoms with Crippen molar-refractivity contribution in [2.24, 2.45) is 0 Å². The summed E-state index contributed by atoms with van der Waals surface area (Å²) < 4.78 is 15.2. The largest absolute Gasteiger partial charge is 0.508 e. The van der Waals surface area contributed by atoms with Gasteiger partial charge in [-0.15, -0.1) is 0 Å². The van der Waals surface area contributed by atoms with Crippen molar-refractivity contribution >= 4 is 28.3 Å². The van der Waals surface area contributed by atoms with Crippen molar-refractivity contribution in [2.45, 2.75) is 25.9 Å². The van der Waals surface area contributed by atoms with E-state index >= 15 is 0 Å². The lowest BCUT2D eigenvalue weighted by molar-refractivity contribution is -0.125. The van der Waals surface area contributed by atoms with E-state index < -0.39 is 6.04 Å². The first-order chi connectivity index (χ1) is 15.9. The summed E-state index contributed by atoms with van der Waals surface area (Å²) in [4.78, 5) is 29.3. The molecule has 4 rings (SSSR count). The second-order valence-corrected chi connectivity index (χ2v) is 7.81. The van der Waals surface area contributed by atoms with Crippen molar-refractivity contribution in [3.8, 4) is 5.75 Å². The molecule has 0 saturated carbocycles. The van der Waals surface area contributed by atoms with Gasteiger partial charge in [0.25, 0.3) is 0 Å². The molecule has 2 amide bonds. The molecule has 0 bridgehead atoms. The van der Waals surface area contributed by atoms with Crippen LogP contribution in [0.2, 0.25) is 0 Å². The summed E-state index contributed by atoms with van der Waals surface area (Å²) in [7, 11) is 0. The third kappa shape index (κ3) is 5.35. The van der Waals surface area contributed by atoms with Gasteiger partial charge in [-0.3, -0.25) is 9.59 Å². The Hall–Kier alpha value is -4.20. The number of rotatable bonds is 7. The number of hydrogen-bond acceptors (Lipinski definition) is 4. The predicted molar refractivity (Wildman–Crippen MR) is 123 cm³/mol. The standard InChI is InChI=1S/C25H23FN4O3/c1-16(25(33)29-23-7-3-5-18-8-9-21(31)12-22(18)23)28-24(32)11-20-13-27-15-30(20)14-17-4-2-6-19(26)10-17/h2-10,12-13,15-16,31H,11,14H2,1H3,(H,28,32)(H,29,33). The fourth-order valence-electron chi connectivity index (χ4n) is 3.60. The summed E-state index contributed by atoms with van der Waals surface area (Å²) in [5.74, 6) is -0.949. The molecule has 33 heavy (non-hydrogen) atoms. The van der Waals surface area contributed by atoms with Gasteiger partial charge in [-0.1, -0.05) is 30.3 Å². The maximum atomic E-state index is 13.4. The zero-order valence-electron chi connectivity index (χ0n) is 18.0. The first kappa shape index (κ1) is 22.0. The maximum Gasteiger partial charge on any atom is 0.246 e. The molecule has 1 heterocycles. The first-order valence-corrected chi connectivity index (χ1v) is 10.4. The van der Waals surface area contributed by atoms with E-state index in [1.807, 2.05) is 6.07 Å². The molecular weight excluding hydrogens is 423 g/mol. The van der Waals surface area contributed by atoms with Crippen LogP contribution in [0.15, 0.2) is 73.2 Å². The molecule has 0 aliphatic rings. The second-order valence-electron chi connectivity index (χ2n) is 7.81. The van der Waals surface area contributed by atoms with E-state index in [1.54, 1.807) is 66.5 Å². The van der Waals surface area contributed by atoms with Gasteiger partial charge in [-0.05, 0) is 48.2 Å². The Balaban J connectivity index is 1.38. The molecule has 1 unspecified atom stereocenters. The van der Waals surface area contributed by atoms with E-state index in [1.165, 1.54) is 12.1 Å². The molecule has 3 aromatic carbocycles. The third-order valence-electron chi connectivity index (χ3n) is 5.28. The van der Waals surface area contributed by atoms with E-state index in [0.717, 1.165) is 10.9 Å². The number of aromatic hydroxyl groups is 1. The second kappa shape index (κ2) is 9.52. The van der Waals surface area contributed by atoms with Gasteiger partial charge in [0.15, 0.2) is 0 Å². The van der Waals surface area contributed by atoms with E-state index in [4.69, 9.17) is 0 Å². The fraction of sp³-hybridized carbons (Fsp3) is 0.160. The van der Waals surface area contributed by atoms with Crippen LogP contribution in [0.5, 0.6) is 5.75 Å². The number of halogens is 1. The normalized spacial score (nSPS) is 11.8. The summed E-state index contributed by atoms with van der Waals surface area (Å²) in [6, 6.07) is 15.8. The molecule has 0 saturated heterocycles. The lowest BCUT2D eigenvalue weighted by Gasteiger charge is -2.16. The number of nitrogens with zero attached hydrogens (tertiary/aromatic N) is 2. The minimum Gasteiger partial charge on any atom is -0.508 e. The van der Waals surface area contributed by atoms with Gasteiger partial charge >= 0.3 is 0 Å². The number of amides is 2. The van der Waals surface area contributed by atoms with Crippen molar-refractivity contribution in [3.63, 3.8) is 0 Å². The zero-order valence-corrected chi connectivity index (χ0v) is 18.0. The van der Waals surface area contributed by atoms with Gasteiger partial charge in [0.1, 0.15) is 17.6 Å². The smallest absolute Gasteiger partial charge is 0.246 e. The lowest BCUT2D eigenvalue weighted by atomic mass is 10.1. The number of aromatic nitrogens is 2. The topological polar surface area (TPSA) is 96.2 Å². The van der Waals surface area contributed by atoms with Crippen LogP contribution in [0.25, 0.3) is 10.8 Å². The predicted octanol–water partition coefficient (Wildman–Crippen LogP) is 3.62. The Morgan fingerprint density at radius 2 is 1.94 bits per heavy atom. The quantitative estimate of drug-likeness (QED) is 0.404. The number of carbonyl (C=O) groups excluding carboxylic acids is 2. The van der Waals surface area contributed by atoms with Crippen molar-refractivity contribution in [1.29, 1.82) is 0 Å². The molecule has 168 valence electrons. The third-order valence-corrected chi connectivity index (χ3v) is 5.28. The highest BCUT2D eigenvalue weighted by molar-refractivity contribution is 6.04. The van der Waals surface area contributed by atoms with Crippen molar-refractivity contribution in [3.05, 3.63) is 90.3 Å². The van der Waals surface area contributed by atoms with Crippen LogP contribution in [0.4, 0.5) is 10.1 Å². The van der Waals surface area contributed by atoms with E-state index in [-0.39, 0.29) is 29.8 Å². The molecule has 0 spiro atoms. The van der Waals surface area contributed by atoms with Crippen LogP contribution < -0.4 is 10.6 Å². The van der Waals surface area contributed by atoms with Crippen LogP contribution in [0, 0.1) is 5.82 Å². The van der Waals surface area contributed by atoms with Crippen molar-refractivity contribution in [2.75, 3.05) is 5.32 Å². The molecule has 4 aromatic rings. The number of imidazole rings is 1. The van der Waals surface area contributed by atoms with Gasteiger partial charge in [0, 0.05) is 29.5 Å². The van der Waals surface area contributed by atoms with E-state index in [2.05, 4.69) is 15.6 Å². The summed E-state index contributed by atoms with van der Waals surface area (Å²) in [6.07, 6.45) is 3.18. The van der Waals surface area contributed by atoms with Gasteiger partial charge < -0.3 is 20.3 Å². The molecule has 1 atom stereocenters. The number of carbonyl (C=O) groups is 2. The van der Waals surface area contributed by atoms with Gasteiger partial charge in [-0.2, -0.15) is 0 Å². The molecule has 7 nitrogen and oxygen atoms in total. The number of benzene rings is 3. The van der Waals surface area contributed by atoms with Gasteiger partial charge in [0.2, 0.25) is 11.8 Å². The average molecular weight is 446 g/mol. The van der Waals surface area contributed by atoms with Crippen LogP contribution in [0.3, 0.4) is 0 Å². The SMILES string of the molecule is CC(NC(=O)Cc1cncn1Cc1cccc(F)c1)C(=O)Nc1cccc2ccc(O)cc12. The highest BCUT2D eigenvalue weighted by Gasteiger charge is 2.18. The molecule has 0 radical (unpaired) electrons. The number of phenolic OH excluding ortho intramolecular Hbond substituents is 1. The minimum absolute atomic E-state index is 0.0229. The summed E-state index contributed by atoms with van der Waals surface area (Å²) in [5, 5.41) is 16.8. The molecule has 1 aromatic heterocycles. The van der Waals surface area contributed by atoms with Crippen LogP contribution in [-0.2, 0) is 22.6 Å². The monoisotopic (exact) mass is 446 g/mol. The van der Waals surface area contributed by atoms with Gasteiger partial charge in [0.05, 0.1) is 12.7 Å². The molecule has 8 heteroatoms. The number of hydrogen-bond donors (Lipinski definition) is 3. The average Bonchev–Trinajstić information content (AvgIpc) is 3.20. The highest BCUT2D eigenvalue weighted by atomic mass is 19.1. The van der Waals surface area contributed by atoms with E-state index in [9.17, 15) is 19.1 Å². The Labute approximate surface area is 189 Å². The molecule has 0 fully saturated rings. The van der Waals surface area contributed by atoms with Gasteiger partial charge in [-0.25, -0.2) is 9.37 Å². The lowest BCUT2D eigenvalue weighted by Crippen LogP contribution is -2.42. The summed E-state index contributed by atoms with van der Waals surface area (Å²) in [5.41, 5.74) is 1.94. The van der Waals surface area contributed by atoms with Crippen LogP contribution in [0.1, 0.15) is 18.2 Å². The molecule has 0 aliphatic carbocycles. The molecule has 0 aliphatic heterocycles. The Kier molecular flexibility index (Phi) is 6.35.